The average Bonchev–Trinajstić information content (AvgIpc) is 2.05. The van der Waals surface area contributed by atoms with Gasteiger partial charge < -0.3 is 9.66 Å². The highest BCUT2D eigenvalue weighted by atomic mass is 35.5. The number of aliphatic hydroxyl groups excluding tert-OH is 1. The molecule has 0 aliphatic carbocycles. The first-order valence-electron chi connectivity index (χ1n) is 3.29. The van der Waals surface area contributed by atoms with E-state index in [9.17, 15) is 8.76 Å². The smallest absolute Gasteiger partial charge is 0.148 e. The molecular weight excluding hydrogens is 216 g/mol. The van der Waals surface area contributed by atoms with E-state index < -0.39 is 11.1 Å². The molecule has 1 unspecified atom stereocenters. The van der Waals surface area contributed by atoms with Crippen LogP contribution in [0.3, 0.4) is 0 Å². The summed E-state index contributed by atoms with van der Waals surface area (Å²) in [6.45, 7) is 1.93. The normalized spacial score (nSPS) is 11.4. The van der Waals surface area contributed by atoms with Crippen molar-refractivity contribution in [3.8, 4) is 0 Å². The second kappa shape index (κ2) is 6.90. The SMILES string of the molecule is CCO.O=S([O-])c1cncc(Cl)n1. The molecule has 0 bridgehead atoms. The van der Waals surface area contributed by atoms with Crippen molar-refractivity contribution in [3.63, 3.8) is 0 Å². The third-order valence-corrected chi connectivity index (χ3v) is 1.47. The monoisotopic (exact) mass is 223 g/mol. The van der Waals surface area contributed by atoms with Crippen molar-refractivity contribution < 1.29 is 13.9 Å². The molecule has 1 aromatic heterocycles. The number of aliphatic hydroxyl groups is 1. The minimum atomic E-state index is -2.35. The maximum absolute atomic E-state index is 10.2. The Morgan fingerprint density at radius 3 is 2.54 bits per heavy atom. The molecule has 7 heteroatoms. The molecule has 1 heterocycles. The van der Waals surface area contributed by atoms with E-state index in [1.807, 2.05) is 0 Å². The van der Waals surface area contributed by atoms with Crippen molar-refractivity contribution in [2.75, 3.05) is 6.61 Å². The lowest BCUT2D eigenvalue weighted by Gasteiger charge is -2.01. The van der Waals surface area contributed by atoms with Gasteiger partial charge in [-0.2, -0.15) is 0 Å². The van der Waals surface area contributed by atoms with E-state index in [0.717, 1.165) is 6.20 Å². The summed E-state index contributed by atoms with van der Waals surface area (Å²) >= 11 is 2.99. The Morgan fingerprint density at radius 1 is 1.69 bits per heavy atom. The Labute approximate surface area is 83.1 Å². The van der Waals surface area contributed by atoms with Gasteiger partial charge in [0.2, 0.25) is 0 Å². The van der Waals surface area contributed by atoms with Gasteiger partial charge in [0, 0.05) is 6.61 Å². The van der Waals surface area contributed by atoms with Gasteiger partial charge in [0.05, 0.1) is 12.4 Å². The minimum absolute atomic E-state index is 0.0710. The summed E-state index contributed by atoms with van der Waals surface area (Å²) in [6, 6.07) is 0. The average molecular weight is 224 g/mol. The Kier molecular flexibility index (Phi) is 6.61. The van der Waals surface area contributed by atoms with E-state index in [2.05, 4.69) is 9.97 Å². The van der Waals surface area contributed by atoms with Crippen LogP contribution >= 0.6 is 11.6 Å². The van der Waals surface area contributed by atoms with Crippen LogP contribution in [0.2, 0.25) is 5.15 Å². The zero-order valence-electron chi connectivity index (χ0n) is 6.81. The fourth-order valence-electron chi connectivity index (χ4n) is 0.406. The number of rotatable bonds is 1. The summed E-state index contributed by atoms with van der Waals surface area (Å²) in [5.74, 6) is 0. The van der Waals surface area contributed by atoms with Crippen LogP contribution in [0, 0.1) is 0 Å². The topological polar surface area (TPSA) is 86.1 Å². The highest BCUT2D eigenvalue weighted by Gasteiger charge is 1.94. The predicted octanol–water partition coefficient (Wildman–Crippen LogP) is 0.367. The molecule has 1 rings (SSSR count). The summed E-state index contributed by atoms with van der Waals surface area (Å²) in [4.78, 5) is 6.98. The third kappa shape index (κ3) is 5.64. The fraction of sp³-hybridized carbons (Fsp3) is 0.333. The Balaban J connectivity index is 0.000000424. The molecule has 5 nitrogen and oxygen atoms in total. The first-order chi connectivity index (χ1) is 6.11. The van der Waals surface area contributed by atoms with E-state index in [4.69, 9.17) is 16.7 Å². The standard InChI is InChI=1S/C4H3ClN2O2S.C2H6O/c5-3-1-6-2-4(7-3)10(8)9;1-2-3/h1-2H,(H,8,9);3H,2H2,1H3/p-1. The van der Waals surface area contributed by atoms with Gasteiger partial charge >= 0.3 is 0 Å². The number of hydrogen-bond acceptors (Lipinski definition) is 5. The number of halogens is 1. The molecule has 1 atom stereocenters. The molecule has 0 amide bonds. The van der Waals surface area contributed by atoms with Crippen LogP contribution < -0.4 is 0 Å². The maximum Gasteiger partial charge on any atom is 0.148 e. The summed E-state index contributed by atoms with van der Waals surface area (Å²) in [6.07, 6.45) is 2.38. The lowest BCUT2D eigenvalue weighted by Crippen LogP contribution is -1.93. The van der Waals surface area contributed by atoms with Gasteiger partial charge in [-0.1, -0.05) is 11.6 Å². The molecule has 1 N–H and O–H groups in total. The Morgan fingerprint density at radius 2 is 2.23 bits per heavy atom. The van der Waals surface area contributed by atoms with Gasteiger partial charge in [-0.25, -0.2) is 4.98 Å². The van der Waals surface area contributed by atoms with Crippen LogP contribution in [0.4, 0.5) is 0 Å². The largest absolute Gasteiger partial charge is 0.767 e. The van der Waals surface area contributed by atoms with Gasteiger partial charge in [-0.3, -0.25) is 9.19 Å². The van der Waals surface area contributed by atoms with Crippen LogP contribution in [0.15, 0.2) is 17.4 Å². The van der Waals surface area contributed by atoms with Gasteiger partial charge in [-0.15, -0.1) is 0 Å². The van der Waals surface area contributed by atoms with E-state index in [1.54, 1.807) is 6.92 Å². The van der Waals surface area contributed by atoms with Gasteiger partial charge in [-0.05, 0) is 18.0 Å². The third-order valence-electron chi connectivity index (χ3n) is 0.754. The van der Waals surface area contributed by atoms with E-state index in [-0.39, 0.29) is 16.8 Å². The van der Waals surface area contributed by atoms with E-state index in [0.29, 0.717) is 0 Å². The summed E-state index contributed by atoms with van der Waals surface area (Å²) in [5.41, 5.74) is 0. The van der Waals surface area contributed by atoms with Crippen molar-refractivity contribution in [3.05, 3.63) is 17.5 Å². The lowest BCUT2D eigenvalue weighted by atomic mass is 10.8. The Bertz CT molecular complexity index is 284. The predicted molar refractivity (Wildman–Crippen MR) is 47.0 cm³/mol. The summed E-state index contributed by atoms with van der Waals surface area (Å²) in [5, 5.41) is 7.49. The fourth-order valence-corrected chi connectivity index (χ4v) is 0.923. The van der Waals surface area contributed by atoms with Crippen LogP contribution in [-0.2, 0) is 11.1 Å². The van der Waals surface area contributed by atoms with Crippen LogP contribution in [0.25, 0.3) is 0 Å². The second-order valence-corrected chi connectivity index (χ2v) is 3.01. The zero-order valence-corrected chi connectivity index (χ0v) is 8.38. The minimum Gasteiger partial charge on any atom is -0.767 e. The zero-order chi connectivity index (χ0) is 10.3. The van der Waals surface area contributed by atoms with Crippen LogP contribution in [0.5, 0.6) is 0 Å². The van der Waals surface area contributed by atoms with E-state index in [1.165, 1.54) is 6.20 Å². The highest BCUT2D eigenvalue weighted by Crippen LogP contribution is 2.03. The molecule has 0 fully saturated rings. The number of nitrogens with zero attached hydrogens (tertiary/aromatic N) is 2. The quantitative estimate of drug-likeness (QED) is 0.695. The molecule has 0 aromatic carbocycles. The Hall–Kier alpha value is -0.560. The first-order valence-corrected chi connectivity index (χ1v) is 4.74. The van der Waals surface area contributed by atoms with Crippen molar-refractivity contribution in [2.45, 2.75) is 11.9 Å². The van der Waals surface area contributed by atoms with Gasteiger partial charge in [0.25, 0.3) is 0 Å². The highest BCUT2D eigenvalue weighted by molar-refractivity contribution is 7.79. The van der Waals surface area contributed by atoms with Crippen molar-refractivity contribution in [1.29, 1.82) is 0 Å². The molecule has 0 saturated carbocycles. The van der Waals surface area contributed by atoms with Crippen molar-refractivity contribution in [2.24, 2.45) is 0 Å². The first kappa shape index (κ1) is 12.4. The molecule has 0 spiro atoms. The van der Waals surface area contributed by atoms with Crippen molar-refractivity contribution in [1.82, 2.24) is 9.97 Å². The molecule has 1 aromatic rings. The molecule has 13 heavy (non-hydrogen) atoms. The molecule has 0 radical (unpaired) electrons. The van der Waals surface area contributed by atoms with Crippen LogP contribution in [-0.4, -0.2) is 30.4 Å². The lowest BCUT2D eigenvalue weighted by molar-refractivity contribution is 0.318. The molecular formula is C6H8ClN2O3S-. The summed E-state index contributed by atoms with van der Waals surface area (Å²) < 4.78 is 20.4. The molecule has 74 valence electrons. The van der Waals surface area contributed by atoms with Gasteiger partial charge in [0.15, 0.2) is 0 Å². The second-order valence-electron chi connectivity index (χ2n) is 1.73. The molecule has 0 saturated heterocycles. The van der Waals surface area contributed by atoms with Crippen molar-refractivity contribution >= 4 is 22.7 Å². The number of aromatic nitrogens is 2. The number of hydrogen-bond donors (Lipinski definition) is 1. The molecule has 0 aliphatic heterocycles. The molecule has 0 aliphatic rings. The summed E-state index contributed by atoms with van der Waals surface area (Å²) in [7, 11) is 0. The van der Waals surface area contributed by atoms with Gasteiger partial charge in [0.1, 0.15) is 10.2 Å². The van der Waals surface area contributed by atoms with E-state index >= 15 is 0 Å². The van der Waals surface area contributed by atoms with Crippen LogP contribution in [0.1, 0.15) is 6.92 Å². The maximum atomic E-state index is 10.2.